The summed E-state index contributed by atoms with van der Waals surface area (Å²) in [7, 11) is 1.41. The number of nitrogens with zero attached hydrogens (tertiary/aromatic N) is 8. The van der Waals surface area contributed by atoms with E-state index in [1.54, 1.807) is 0 Å². The second kappa shape index (κ2) is 8.87. The van der Waals surface area contributed by atoms with Crippen LogP contribution < -0.4 is 16.3 Å². The van der Waals surface area contributed by atoms with Crippen molar-refractivity contribution in [1.29, 1.82) is 0 Å². The van der Waals surface area contributed by atoms with E-state index in [9.17, 15) is 14.3 Å². The molecule has 1 aromatic carbocycles. The third-order valence-electron chi connectivity index (χ3n) is 6.95. The van der Waals surface area contributed by atoms with E-state index in [0.29, 0.717) is 11.9 Å². The van der Waals surface area contributed by atoms with E-state index >= 15 is 0 Å². The summed E-state index contributed by atoms with van der Waals surface area (Å²) in [6.45, 7) is 13.1. The van der Waals surface area contributed by atoms with Crippen molar-refractivity contribution in [2.24, 2.45) is 7.05 Å². The summed E-state index contributed by atoms with van der Waals surface area (Å²) < 4.78 is 16.5. The zero-order valence-electron chi connectivity index (χ0n) is 20.2. The number of rotatable bonds is 5. The van der Waals surface area contributed by atoms with E-state index in [0.717, 1.165) is 41.2 Å². The molecule has 0 radical (unpaired) electrons. The summed E-state index contributed by atoms with van der Waals surface area (Å²) in [5.41, 5.74) is -0.442. The Morgan fingerprint density at radius 2 is 2.11 bits per heavy atom. The van der Waals surface area contributed by atoms with Crippen LogP contribution in [0.2, 0.25) is 0 Å². The van der Waals surface area contributed by atoms with Crippen LogP contribution >= 0.6 is 0 Å². The van der Waals surface area contributed by atoms with E-state index in [-0.39, 0.29) is 34.6 Å². The molecule has 0 aliphatic carbocycles. The lowest BCUT2D eigenvalue weighted by Crippen LogP contribution is -2.55. The highest BCUT2D eigenvalue weighted by atomic mass is 19.1. The molecule has 36 heavy (non-hydrogen) atoms. The number of aryl methyl sites for hydroxylation is 1. The normalized spacial score (nSPS) is 21.1. The van der Waals surface area contributed by atoms with Crippen molar-refractivity contribution in [3.63, 3.8) is 0 Å². The number of phenols is 1. The predicted octanol–water partition coefficient (Wildman–Crippen LogP) is 2.71. The second-order valence-corrected chi connectivity index (χ2v) is 9.86. The van der Waals surface area contributed by atoms with Crippen molar-refractivity contribution in [1.82, 2.24) is 34.7 Å². The molecule has 2 saturated heterocycles. The largest absolute Gasteiger partial charge is 0.506 e. The Kier molecular flexibility index (Phi) is 5.83. The van der Waals surface area contributed by atoms with E-state index in [1.807, 2.05) is 0 Å². The first-order valence-electron chi connectivity index (χ1n) is 11.7. The van der Waals surface area contributed by atoms with Crippen LogP contribution in [0.25, 0.3) is 10.5 Å². The van der Waals surface area contributed by atoms with Crippen LogP contribution in [0.1, 0.15) is 39.5 Å². The first-order chi connectivity index (χ1) is 17.2. The molecule has 13 heteroatoms. The number of anilines is 3. The molecular formula is C23H27FN10O2. The molecule has 188 valence electrons. The molecule has 2 fully saturated rings. The van der Waals surface area contributed by atoms with Gasteiger partial charge in [0, 0.05) is 36.9 Å². The van der Waals surface area contributed by atoms with Gasteiger partial charge in [0.25, 0.3) is 0 Å². The number of fused-ring (bicyclic) bond motifs is 1. The maximum Gasteiger partial charge on any atom is 0.368 e. The van der Waals surface area contributed by atoms with Crippen LogP contribution in [0, 0.1) is 12.4 Å². The quantitative estimate of drug-likeness (QED) is 0.362. The van der Waals surface area contributed by atoms with Crippen molar-refractivity contribution >= 4 is 23.1 Å². The molecule has 0 bridgehead atoms. The van der Waals surface area contributed by atoms with Gasteiger partial charge in [0.2, 0.25) is 11.6 Å². The summed E-state index contributed by atoms with van der Waals surface area (Å²) in [5, 5.41) is 23.7. The fraction of sp³-hybridized carbons (Fsp3) is 0.478. The fourth-order valence-corrected chi connectivity index (χ4v) is 5.34. The molecule has 0 amide bonds. The minimum absolute atomic E-state index is 0.0352. The minimum atomic E-state index is -0.782. The third-order valence-corrected chi connectivity index (χ3v) is 6.95. The second-order valence-electron chi connectivity index (χ2n) is 9.86. The van der Waals surface area contributed by atoms with Gasteiger partial charge in [0.05, 0.1) is 12.3 Å². The summed E-state index contributed by atoms with van der Waals surface area (Å²) in [4.78, 5) is 26.9. The number of aromatic hydroxyl groups is 1. The van der Waals surface area contributed by atoms with E-state index in [2.05, 4.69) is 54.6 Å². The van der Waals surface area contributed by atoms with Crippen molar-refractivity contribution in [2.45, 2.75) is 57.2 Å². The Balaban J connectivity index is 1.42. The Morgan fingerprint density at radius 3 is 2.83 bits per heavy atom. The highest BCUT2D eigenvalue weighted by Gasteiger charge is 2.43. The number of tetrazole rings is 1. The van der Waals surface area contributed by atoms with Crippen molar-refractivity contribution < 1.29 is 9.50 Å². The smallest absolute Gasteiger partial charge is 0.368 e. The highest BCUT2D eigenvalue weighted by Crippen LogP contribution is 2.39. The number of halogens is 1. The van der Waals surface area contributed by atoms with Gasteiger partial charge in [-0.3, -0.25) is 4.90 Å². The van der Waals surface area contributed by atoms with Crippen molar-refractivity contribution in [3.05, 3.63) is 46.0 Å². The van der Waals surface area contributed by atoms with Crippen molar-refractivity contribution in [3.8, 4) is 11.4 Å². The summed E-state index contributed by atoms with van der Waals surface area (Å²) in [5.74, 6) is -0.826. The molecule has 0 unspecified atom stereocenters. The van der Waals surface area contributed by atoms with Crippen LogP contribution in [0.15, 0.2) is 23.1 Å². The summed E-state index contributed by atoms with van der Waals surface area (Å²) >= 11 is 0. The standard InChI is InChI=1S/C23H27FN10O2/c1-23(2)11-13(8-14-6-5-7-33(14)23)27-20-17(25-3)12-26-21(29-20)28-16-10-18(19(35)9-15(16)24)34-22(36)32(4)30-31-34/h9-10,12-14,35H,5-8,11H2,1-2,4H3,(H2,26,27,28,29)/t13-,14+/m1/s1. The van der Waals surface area contributed by atoms with E-state index < -0.39 is 17.3 Å². The van der Waals surface area contributed by atoms with Gasteiger partial charge in [-0.05, 0) is 62.6 Å². The average molecular weight is 495 g/mol. The first-order valence-corrected chi connectivity index (χ1v) is 11.7. The van der Waals surface area contributed by atoms with Gasteiger partial charge in [-0.2, -0.15) is 9.36 Å². The SMILES string of the molecule is [C-]#[N+]c1cnc(Nc2cc(-n3nnn(C)c3=O)c(O)cc2F)nc1N[C@@H]1C[C@@H]2CCCN2C(C)(C)C1. The maximum atomic E-state index is 14.7. The Bertz CT molecular complexity index is 1410. The minimum Gasteiger partial charge on any atom is -0.506 e. The Hall–Kier alpha value is -4.05. The van der Waals surface area contributed by atoms with Crippen LogP contribution in [-0.2, 0) is 7.05 Å². The molecule has 5 rings (SSSR count). The number of phenolic OH excluding ortho intramolecular Hbond substituents is 1. The van der Waals surface area contributed by atoms with Gasteiger partial charge < -0.3 is 15.7 Å². The average Bonchev–Trinajstić information content (AvgIpc) is 3.43. The van der Waals surface area contributed by atoms with Gasteiger partial charge in [-0.15, -0.1) is 0 Å². The van der Waals surface area contributed by atoms with E-state index in [1.165, 1.54) is 25.7 Å². The van der Waals surface area contributed by atoms with Gasteiger partial charge in [0.15, 0.2) is 5.82 Å². The van der Waals surface area contributed by atoms with Gasteiger partial charge in [0.1, 0.15) is 17.3 Å². The highest BCUT2D eigenvalue weighted by molar-refractivity contribution is 5.68. The first kappa shape index (κ1) is 23.7. The maximum absolute atomic E-state index is 14.7. The van der Waals surface area contributed by atoms with Crippen LogP contribution in [0.4, 0.5) is 27.5 Å². The molecule has 3 N–H and O–H groups in total. The molecule has 12 nitrogen and oxygen atoms in total. The van der Waals surface area contributed by atoms with Gasteiger partial charge in [-0.25, -0.2) is 24.0 Å². The number of benzene rings is 1. The van der Waals surface area contributed by atoms with Crippen LogP contribution in [0.5, 0.6) is 5.75 Å². The molecular weight excluding hydrogens is 467 g/mol. The molecule has 4 heterocycles. The predicted molar refractivity (Wildman–Crippen MR) is 130 cm³/mol. The molecule has 0 spiro atoms. The number of nitrogens with one attached hydrogen (secondary N) is 2. The Labute approximate surface area is 206 Å². The number of hydrogen-bond donors (Lipinski definition) is 3. The van der Waals surface area contributed by atoms with Crippen LogP contribution in [-0.4, -0.2) is 63.9 Å². The third kappa shape index (κ3) is 4.24. The number of aromatic nitrogens is 6. The summed E-state index contributed by atoms with van der Waals surface area (Å²) in [6.07, 6.45) is 5.58. The lowest BCUT2D eigenvalue weighted by molar-refractivity contribution is 0.0501. The van der Waals surface area contributed by atoms with Crippen molar-refractivity contribution in [2.75, 3.05) is 17.2 Å². The summed E-state index contributed by atoms with van der Waals surface area (Å²) in [6, 6.07) is 2.71. The molecule has 2 atom stereocenters. The molecule has 0 saturated carbocycles. The molecule has 2 aromatic heterocycles. The lowest BCUT2D eigenvalue weighted by Gasteiger charge is -2.48. The fourth-order valence-electron chi connectivity index (χ4n) is 5.34. The number of hydrogen-bond acceptors (Lipinski definition) is 9. The zero-order chi connectivity index (χ0) is 25.6. The topological polar surface area (TPSA) is 130 Å². The van der Waals surface area contributed by atoms with Gasteiger partial charge in [-0.1, -0.05) is 0 Å². The van der Waals surface area contributed by atoms with Gasteiger partial charge >= 0.3 is 5.69 Å². The number of piperidine rings is 1. The Morgan fingerprint density at radius 1 is 1.31 bits per heavy atom. The molecule has 2 aliphatic rings. The molecule has 3 aromatic rings. The molecule has 2 aliphatic heterocycles. The monoisotopic (exact) mass is 494 g/mol. The van der Waals surface area contributed by atoms with Crippen LogP contribution in [0.3, 0.4) is 0 Å². The van der Waals surface area contributed by atoms with E-state index in [4.69, 9.17) is 6.57 Å². The zero-order valence-corrected chi connectivity index (χ0v) is 20.2. The lowest BCUT2D eigenvalue weighted by atomic mass is 9.84.